The fraction of sp³-hybridized carbons (Fsp3) is 0.409. The van der Waals surface area contributed by atoms with E-state index >= 15 is 0 Å². The summed E-state index contributed by atoms with van der Waals surface area (Å²) in [5.74, 6) is -0.101. The van der Waals surface area contributed by atoms with Gasteiger partial charge in [-0.25, -0.2) is 0 Å². The maximum Gasteiger partial charge on any atom is 0.416 e. The van der Waals surface area contributed by atoms with Crippen molar-refractivity contribution >= 4 is 23.0 Å². The number of hydrogen-bond donors (Lipinski definition) is 2. The van der Waals surface area contributed by atoms with Crippen LogP contribution in [-0.2, 0) is 15.7 Å². The molecule has 0 aromatic heterocycles. The summed E-state index contributed by atoms with van der Waals surface area (Å²) in [4.78, 5) is 14.5. The Labute approximate surface area is 179 Å². The first-order valence-electron chi connectivity index (χ1n) is 10.2. The Hall–Kier alpha value is -2.94. The van der Waals surface area contributed by atoms with Crippen LogP contribution >= 0.6 is 0 Å². The van der Waals surface area contributed by atoms with Gasteiger partial charge in [0.05, 0.1) is 37.6 Å². The number of halogens is 3. The summed E-state index contributed by atoms with van der Waals surface area (Å²) < 4.78 is 50.0. The van der Waals surface area contributed by atoms with Crippen LogP contribution in [0.3, 0.4) is 0 Å². The SMILES string of the molecule is CCCOc1ccc(C(F)(F)F)cc1NCC(=O)Nc1ccc(N2CCOCC2)cc1. The van der Waals surface area contributed by atoms with E-state index < -0.39 is 11.7 Å². The number of rotatable bonds is 8. The highest BCUT2D eigenvalue weighted by atomic mass is 19.4. The van der Waals surface area contributed by atoms with E-state index in [0.29, 0.717) is 31.9 Å². The van der Waals surface area contributed by atoms with Crippen LogP contribution in [0.1, 0.15) is 18.9 Å². The van der Waals surface area contributed by atoms with Crippen LogP contribution in [0.5, 0.6) is 5.75 Å². The molecule has 3 rings (SSSR count). The number of amides is 1. The second kappa shape index (κ2) is 10.4. The molecule has 0 saturated carbocycles. The van der Waals surface area contributed by atoms with E-state index in [1.807, 2.05) is 19.1 Å². The minimum atomic E-state index is -4.48. The van der Waals surface area contributed by atoms with Gasteiger partial charge in [-0.3, -0.25) is 4.79 Å². The van der Waals surface area contributed by atoms with E-state index in [2.05, 4.69) is 15.5 Å². The molecule has 2 aromatic rings. The maximum atomic E-state index is 13.0. The van der Waals surface area contributed by atoms with Gasteiger partial charge in [-0.05, 0) is 48.9 Å². The molecule has 6 nitrogen and oxygen atoms in total. The van der Waals surface area contributed by atoms with E-state index in [-0.39, 0.29) is 23.9 Å². The van der Waals surface area contributed by atoms with Crippen LogP contribution in [0, 0.1) is 0 Å². The van der Waals surface area contributed by atoms with Crippen molar-refractivity contribution in [2.45, 2.75) is 19.5 Å². The van der Waals surface area contributed by atoms with E-state index in [9.17, 15) is 18.0 Å². The molecule has 168 valence electrons. The Morgan fingerprint density at radius 3 is 2.48 bits per heavy atom. The summed E-state index contributed by atoms with van der Waals surface area (Å²) >= 11 is 0. The van der Waals surface area contributed by atoms with E-state index in [4.69, 9.17) is 9.47 Å². The van der Waals surface area contributed by atoms with Crippen LogP contribution in [0.2, 0.25) is 0 Å². The minimum Gasteiger partial charge on any atom is -0.491 e. The zero-order chi connectivity index (χ0) is 22.3. The molecule has 0 atom stereocenters. The fourth-order valence-electron chi connectivity index (χ4n) is 3.14. The van der Waals surface area contributed by atoms with Gasteiger partial charge in [-0.15, -0.1) is 0 Å². The fourth-order valence-corrected chi connectivity index (χ4v) is 3.14. The molecule has 1 aliphatic heterocycles. The Bertz CT molecular complexity index is 867. The lowest BCUT2D eigenvalue weighted by Gasteiger charge is -2.28. The smallest absolute Gasteiger partial charge is 0.416 e. The number of benzene rings is 2. The number of alkyl halides is 3. The third-order valence-electron chi connectivity index (χ3n) is 4.74. The van der Waals surface area contributed by atoms with Crippen molar-refractivity contribution in [3.05, 3.63) is 48.0 Å². The second-order valence-corrected chi connectivity index (χ2v) is 7.11. The van der Waals surface area contributed by atoms with Crippen molar-refractivity contribution in [3.8, 4) is 5.75 Å². The highest BCUT2D eigenvalue weighted by Crippen LogP contribution is 2.35. The quantitative estimate of drug-likeness (QED) is 0.642. The summed E-state index contributed by atoms with van der Waals surface area (Å²) in [5.41, 5.74) is 0.968. The number of nitrogens with one attached hydrogen (secondary N) is 2. The molecule has 0 unspecified atom stereocenters. The molecule has 0 aliphatic carbocycles. The molecule has 1 saturated heterocycles. The van der Waals surface area contributed by atoms with Gasteiger partial charge in [0.15, 0.2) is 0 Å². The second-order valence-electron chi connectivity index (χ2n) is 7.11. The molecule has 1 aliphatic rings. The minimum absolute atomic E-state index is 0.126. The first-order chi connectivity index (χ1) is 14.9. The topological polar surface area (TPSA) is 62.8 Å². The van der Waals surface area contributed by atoms with E-state index in [1.54, 1.807) is 12.1 Å². The predicted octanol–water partition coefficient (Wildman–Crippen LogP) is 4.38. The van der Waals surface area contributed by atoms with Gasteiger partial charge >= 0.3 is 6.18 Å². The monoisotopic (exact) mass is 437 g/mol. The largest absolute Gasteiger partial charge is 0.491 e. The molecular weight excluding hydrogens is 411 g/mol. The normalized spacial score (nSPS) is 14.3. The lowest BCUT2D eigenvalue weighted by atomic mass is 10.1. The number of carbonyl (C=O) groups excluding carboxylic acids is 1. The summed E-state index contributed by atoms with van der Waals surface area (Å²) in [6.07, 6.45) is -3.77. The van der Waals surface area contributed by atoms with Gasteiger partial charge in [0.2, 0.25) is 5.91 Å². The highest BCUT2D eigenvalue weighted by Gasteiger charge is 2.31. The first-order valence-corrected chi connectivity index (χ1v) is 10.2. The van der Waals surface area contributed by atoms with Crippen molar-refractivity contribution < 1.29 is 27.4 Å². The molecule has 1 amide bonds. The molecule has 0 spiro atoms. The van der Waals surface area contributed by atoms with Gasteiger partial charge in [0, 0.05) is 24.5 Å². The molecule has 1 fully saturated rings. The highest BCUT2D eigenvalue weighted by molar-refractivity contribution is 5.94. The van der Waals surface area contributed by atoms with Crippen LogP contribution < -0.4 is 20.3 Å². The first kappa shape index (κ1) is 22.7. The van der Waals surface area contributed by atoms with Gasteiger partial charge in [0.1, 0.15) is 5.75 Å². The predicted molar refractivity (Wildman–Crippen MR) is 114 cm³/mol. The summed E-state index contributed by atoms with van der Waals surface area (Å²) in [6, 6.07) is 10.6. The number of hydrogen-bond acceptors (Lipinski definition) is 5. The lowest BCUT2D eigenvalue weighted by Crippen LogP contribution is -2.36. The molecule has 2 N–H and O–H groups in total. The third-order valence-corrected chi connectivity index (χ3v) is 4.74. The van der Waals surface area contributed by atoms with Crippen molar-refractivity contribution in [2.75, 3.05) is 55.0 Å². The number of carbonyl (C=O) groups is 1. The Kier molecular flexibility index (Phi) is 7.62. The van der Waals surface area contributed by atoms with Crippen molar-refractivity contribution in [3.63, 3.8) is 0 Å². The number of nitrogens with zero attached hydrogens (tertiary/aromatic N) is 1. The van der Waals surface area contributed by atoms with Gasteiger partial charge in [-0.2, -0.15) is 13.2 Å². The Balaban J connectivity index is 1.60. The van der Waals surface area contributed by atoms with Crippen LogP contribution in [0.15, 0.2) is 42.5 Å². The molecule has 0 radical (unpaired) electrons. The summed E-state index contributed by atoms with van der Waals surface area (Å²) in [7, 11) is 0. The molecule has 2 aromatic carbocycles. The van der Waals surface area contributed by atoms with Crippen LogP contribution in [0.25, 0.3) is 0 Å². The van der Waals surface area contributed by atoms with Crippen molar-refractivity contribution in [1.82, 2.24) is 0 Å². The average molecular weight is 437 g/mol. The van der Waals surface area contributed by atoms with Crippen LogP contribution in [-0.4, -0.2) is 45.4 Å². The van der Waals surface area contributed by atoms with E-state index in [0.717, 1.165) is 30.9 Å². The molecule has 1 heterocycles. The average Bonchev–Trinajstić information content (AvgIpc) is 2.77. The lowest BCUT2D eigenvalue weighted by molar-refractivity contribution is -0.137. The summed E-state index contributed by atoms with van der Waals surface area (Å²) in [5, 5.41) is 5.50. The standard InChI is InChI=1S/C22H26F3N3O3/c1-2-11-31-20-8-3-16(22(23,24)25)14-19(20)26-15-21(29)27-17-4-6-18(7-5-17)28-9-12-30-13-10-28/h3-8,14,26H,2,9-13,15H2,1H3,(H,27,29). The van der Waals surface area contributed by atoms with Crippen LogP contribution in [0.4, 0.5) is 30.2 Å². The van der Waals surface area contributed by atoms with Gasteiger partial charge in [0.25, 0.3) is 0 Å². The zero-order valence-electron chi connectivity index (χ0n) is 17.3. The van der Waals surface area contributed by atoms with Gasteiger partial charge in [-0.1, -0.05) is 6.92 Å². The molecule has 9 heteroatoms. The Morgan fingerprint density at radius 2 is 1.84 bits per heavy atom. The number of ether oxygens (including phenoxy) is 2. The zero-order valence-corrected chi connectivity index (χ0v) is 17.3. The molecule has 0 bridgehead atoms. The number of morpholine rings is 1. The number of anilines is 3. The van der Waals surface area contributed by atoms with Gasteiger partial charge < -0.3 is 25.0 Å². The van der Waals surface area contributed by atoms with E-state index in [1.165, 1.54) is 6.07 Å². The summed E-state index contributed by atoms with van der Waals surface area (Å²) in [6.45, 7) is 5.06. The van der Waals surface area contributed by atoms with Crippen molar-refractivity contribution in [1.29, 1.82) is 0 Å². The maximum absolute atomic E-state index is 13.0. The molecule has 31 heavy (non-hydrogen) atoms. The molecular formula is C22H26F3N3O3. The Morgan fingerprint density at radius 1 is 1.13 bits per heavy atom. The third kappa shape index (κ3) is 6.52. The van der Waals surface area contributed by atoms with Crippen molar-refractivity contribution in [2.24, 2.45) is 0 Å².